The molecule has 0 atom stereocenters. The van der Waals surface area contributed by atoms with Gasteiger partial charge < -0.3 is 9.64 Å². The van der Waals surface area contributed by atoms with Crippen molar-refractivity contribution in [2.45, 2.75) is 36.5 Å². The van der Waals surface area contributed by atoms with Gasteiger partial charge in [-0.25, -0.2) is 21.6 Å². The lowest BCUT2D eigenvalue weighted by molar-refractivity contribution is -0.129. The van der Waals surface area contributed by atoms with Crippen LogP contribution in [-0.4, -0.2) is 60.6 Å². The number of nitrogens with zero attached hydrogens (tertiary/aromatic N) is 1. The van der Waals surface area contributed by atoms with Crippen molar-refractivity contribution in [1.29, 1.82) is 0 Å². The van der Waals surface area contributed by atoms with E-state index in [0.717, 1.165) is 17.4 Å². The monoisotopic (exact) mass is 482 g/mol. The highest BCUT2D eigenvalue weighted by molar-refractivity contribution is 7.90. The molecule has 8 nitrogen and oxygen atoms in total. The first-order valence-corrected chi connectivity index (χ1v) is 13.5. The molecule has 2 rings (SSSR count). The summed E-state index contributed by atoms with van der Waals surface area (Å²) in [6.07, 6.45) is 1.71. The number of aryl methyl sites for hydroxylation is 2. The maximum atomic E-state index is 12.4. The molecule has 0 aliphatic carbocycles. The van der Waals surface area contributed by atoms with Gasteiger partial charge in [-0.15, -0.1) is 0 Å². The zero-order chi connectivity index (χ0) is 23.9. The molecular weight excluding hydrogens is 452 g/mol. The fraction of sp³-hybridized carbons (Fsp3) is 0.409. The Morgan fingerprint density at radius 3 is 2.38 bits per heavy atom. The van der Waals surface area contributed by atoms with Crippen molar-refractivity contribution in [2.24, 2.45) is 0 Å². The summed E-state index contributed by atoms with van der Waals surface area (Å²) in [6.45, 7) is 4.50. The maximum Gasteiger partial charge on any atom is 0.240 e. The van der Waals surface area contributed by atoms with Crippen LogP contribution in [0.3, 0.4) is 0 Å². The van der Waals surface area contributed by atoms with Crippen molar-refractivity contribution >= 4 is 25.8 Å². The molecule has 176 valence electrons. The lowest BCUT2D eigenvalue weighted by Gasteiger charge is -2.17. The second-order valence-electron chi connectivity index (χ2n) is 7.66. The summed E-state index contributed by atoms with van der Waals surface area (Å²) in [5, 5.41) is 0. The van der Waals surface area contributed by atoms with E-state index >= 15 is 0 Å². The van der Waals surface area contributed by atoms with Crippen molar-refractivity contribution in [3.63, 3.8) is 0 Å². The van der Waals surface area contributed by atoms with Crippen molar-refractivity contribution in [3.8, 4) is 5.75 Å². The summed E-state index contributed by atoms with van der Waals surface area (Å²) < 4.78 is 56.0. The highest BCUT2D eigenvalue weighted by Crippen LogP contribution is 2.17. The molecule has 1 N–H and O–H groups in total. The molecule has 0 aliphatic heterocycles. The third-order valence-corrected chi connectivity index (χ3v) is 7.55. The van der Waals surface area contributed by atoms with Crippen LogP contribution >= 0.6 is 0 Å². The van der Waals surface area contributed by atoms with Gasteiger partial charge in [0, 0.05) is 32.8 Å². The highest BCUT2D eigenvalue weighted by atomic mass is 32.2. The number of carbonyl (C=O) groups is 1. The van der Waals surface area contributed by atoms with Gasteiger partial charge in [0.1, 0.15) is 5.75 Å². The standard InChI is InChI=1S/C22H30N2O6S2/c1-17-9-10-21(15-18(17)2)32(28,29)23-12-11-22(25)24(3)13-6-14-30-19-7-5-8-20(16-19)31(4,26)27/h5,7-10,15-16,23H,6,11-14H2,1-4H3. The van der Waals surface area contributed by atoms with E-state index in [1.807, 2.05) is 13.8 Å². The molecule has 2 aromatic rings. The molecule has 0 heterocycles. The van der Waals surface area contributed by atoms with Crippen LogP contribution in [0.1, 0.15) is 24.0 Å². The fourth-order valence-corrected chi connectivity index (χ4v) is 4.63. The van der Waals surface area contributed by atoms with Crippen LogP contribution in [0.15, 0.2) is 52.3 Å². The molecule has 32 heavy (non-hydrogen) atoms. The average Bonchev–Trinajstić information content (AvgIpc) is 2.72. The Hall–Kier alpha value is -2.43. The zero-order valence-corrected chi connectivity index (χ0v) is 20.4. The van der Waals surface area contributed by atoms with Crippen molar-refractivity contribution in [2.75, 3.05) is 33.0 Å². The number of carbonyl (C=O) groups excluding carboxylic acids is 1. The Morgan fingerprint density at radius 2 is 1.72 bits per heavy atom. The zero-order valence-electron chi connectivity index (χ0n) is 18.8. The molecule has 0 spiro atoms. The SMILES string of the molecule is Cc1ccc(S(=O)(=O)NCCC(=O)N(C)CCCOc2cccc(S(C)(=O)=O)c2)cc1C. The summed E-state index contributed by atoms with van der Waals surface area (Å²) in [7, 11) is -5.33. The third-order valence-electron chi connectivity index (χ3n) is 4.99. The Labute approximate surface area is 190 Å². The van der Waals surface area contributed by atoms with Crippen LogP contribution < -0.4 is 9.46 Å². The lowest BCUT2D eigenvalue weighted by Crippen LogP contribution is -2.33. The number of sulfonamides is 1. The fourth-order valence-electron chi connectivity index (χ4n) is 2.86. The molecule has 0 fully saturated rings. The highest BCUT2D eigenvalue weighted by Gasteiger charge is 2.16. The number of amides is 1. The van der Waals surface area contributed by atoms with E-state index in [2.05, 4.69) is 4.72 Å². The second kappa shape index (κ2) is 10.9. The van der Waals surface area contributed by atoms with Gasteiger partial charge >= 0.3 is 0 Å². The number of ether oxygens (including phenoxy) is 1. The minimum Gasteiger partial charge on any atom is -0.493 e. The Kier molecular flexibility index (Phi) is 8.82. The summed E-state index contributed by atoms with van der Waals surface area (Å²) in [4.78, 5) is 14.1. The molecule has 0 saturated heterocycles. The van der Waals surface area contributed by atoms with Crippen LogP contribution in [0.4, 0.5) is 0 Å². The number of hydrogen-bond acceptors (Lipinski definition) is 6. The van der Waals surface area contributed by atoms with E-state index < -0.39 is 19.9 Å². The number of hydrogen-bond donors (Lipinski definition) is 1. The number of rotatable bonds is 11. The Balaban J connectivity index is 1.74. The first-order valence-electron chi connectivity index (χ1n) is 10.1. The van der Waals surface area contributed by atoms with Crippen molar-refractivity contribution < 1.29 is 26.4 Å². The van der Waals surface area contributed by atoms with E-state index in [4.69, 9.17) is 4.74 Å². The van der Waals surface area contributed by atoms with E-state index in [-0.39, 0.29) is 28.7 Å². The van der Waals surface area contributed by atoms with Crippen LogP contribution in [-0.2, 0) is 24.7 Å². The van der Waals surface area contributed by atoms with Gasteiger partial charge in [-0.05, 0) is 61.7 Å². The largest absolute Gasteiger partial charge is 0.493 e. The van der Waals surface area contributed by atoms with Gasteiger partial charge in [-0.1, -0.05) is 12.1 Å². The number of sulfone groups is 1. The molecule has 1 amide bonds. The van der Waals surface area contributed by atoms with Crippen LogP contribution in [0.2, 0.25) is 0 Å². The van der Waals surface area contributed by atoms with Crippen LogP contribution in [0, 0.1) is 13.8 Å². The van der Waals surface area contributed by atoms with Gasteiger partial charge in [0.15, 0.2) is 9.84 Å². The van der Waals surface area contributed by atoms with Crippen LogP contribution in [0.25, 0.3) is 0 Å². The summed E-state index contributed by atoms with van der Waals surface area (Å²) in [5.41, 5.74) is 1.89. The molecule has 0 saturated carbocycles. The first kappa shape index (κ1) is 25.8. The maximum absolute atomic E-state index is 12.4. The smallest absolute Gasteiger partial charge is 0.240 e. The molecule has 10 heteroatoms. The summed E-state index contributed by atoms with van der Waals surface area (Å²) in [5.74, 6) is 0.259. The molecule has 0 bridgehead atoms. The van der Waals surface area contributed by atoms with Crippen LogP contribution in [0.5, 0.6) is 5.75 Å². The molecule has 0 unspecified atom stereocenters. The minimum absolute atomic E-state index is 0.00716. The molecule has 2 aromatic carbocycles. The first-order chi connectivity index (χ1) is 14.9. The second-order valence-corrected chi connectivity index (χ2v) is 11.4. The molecule has 0 aliphatic rings. The molecular formula is C22H30N2O6S2. The molecule has 0 radical (unpaired) electrons. The average molecular weight is 483 g/mol. The summed E-state index contributed by atoms with van der Waals surface area (Å²) in [6, 6.07) is 11.2. The predicted octanol–water partition coefficient (Wildman–Crippen LogP) is 2.30. The van der Waals surface area contributed by atoms with E-state index in [1.165, 1.54) is 17.0 Å². The van der Waals surface area contributed by atoms with E-state index in [1.54, 1.807) is 37.4 Å². The topological polar surface area (TPSA) is 110 Å². The number of nitrogens with one attached hydrogen (secondary N) is 1. The predicted molar refractivity (Wildman–Crippen MR) is 123 cm³/mol. The van der Waals surface area contributed by atoms with Gasteiger partial charge in [0.2, 0.25) is 15.9 Å². The van der Waals surface area contributed by atoms with E-state index in [9.17, 15) is 21.6 Å². The van der Waals surface area contributed by atoms with Gasteiger partial charge in [0.05, 0.1) is 16.4 Å². The normalized spacial score (nSPS) is 11.9. The lowest BCUT2D eigenvalue weighted by atomic mass is 10.1. The minimum atomic E-state index is -3.67. The van der Waals surface area contributed by atoms with Gasteiger partial charge in [-0.2, -0.15) is 0 Å². The van der Waals surface area contributed by atoms with Crippen molar-refractivity contribution in [3.05, 3.63) is 53.6 Å². The van der Waals surface area contributed by atoms with E-state index in [0.29, 0.717) is 25.3 Å². The Bertz CT molecular complexity index is 1160. The third kappa shape index (κ3) is 7.61. The van der Waals surface area contributed by atoms with Gasteiger partial charge in [0.25, 0.3) is 0 Å². The van der Waals surface area contributed by atoms with Crippen molar-refractivity contribution in [1.82, 2.24) is 9.62 Å². The quantitative estimate of drug-likeness (QED) is 0.492. The van der Waals surface area contributed by atoms with Gasteiger partial charge in [-0.3, -0.25) is 4.79 Å². The Morgan fingerprint density at radius 1 is 1.00 bits per heavy atom. The summed E-state index contributed by atoms with van der Waals surface area (Å²) >= 11 is 0. The number of benzene rings is 2. The molecule has 0 aromatic heterocycles.